The second-order valence-corrected chi connectivity index (χ2v) is 5.37. The van der Waals surface area contributed by atoms with E-state index in [1.807, 2.05) is 0 Å². The van der Waals surface area contributed by atoms with E-state index in [2.05, 4.69) is 0 Å². The lowest BCUT2D eigenvalue weighted by molar-refractivity contribution is 0.340. The third-order valence-electron chi connectivity index (χ3n) is 3.62. The SMILES string of the molecule is N#CCOc1cc(O)c2c(=O)cc(-c3ccc(OCC#N)c(O)c3)oc2c1. The number of nitriles is 2. The van der Waals surface area contributed by atoms with E-state index >= 15 is 0 Å². The molecular weight excluding hydrogens is 352 g/mol. The fourth-order valence-corrected chi connectivity index (χ4v) is 2.49. The highest BCUT2D eigenvalue weighted by Crippen LogP contribution is 2.34. The van der Waals surface area contributed by atoms with Gasteiger partial charge >= 0.3 is 0 Å². The van der Waals surface area contributed by atoms with Crippen LogP contribution >= 0.6 is 0 Å². The van der Waals surface area contributed by atoms with E-state index in [0.717, 1.165) is 0 Å². The Morgan fingerprint density at radius 1 is 0.963 bits per heavy atom. The monoisotopic (exact) mass is 364 g/mol. The lowest BCUT2D eigenvalue weighted by atomic mass is 10.1. The lowest BCUT2D eigenvalue weighted by Crippen LogP contribution is -2.02. The van der Waals surface area contributed by atoms with Gasteiger partial charge in [0.15, 0.2) is 30.1 Å². The summed E-state index contributed by atoms with van der Waals surface area (Å²) in [5, 5.41) is 37.1. The molecule has 8 nitrogen and oxygen atoms in total. The molecule has 0 fully saturated rings. The van der Waals surface area contributed by atoms with Crippen LogP contribution in [0, 0.1) is 22.7 Å². The van der Waals surface area contributed by atoms with Gasteiger partial charge in [0.1, 0.15) is 40.4 Å². The average Bonchev–Trinajstić information content (AvgIpc) is 2.64. The molecule has 0 bridgehead atoms. The minimum Gasteiger partial charge on any atom is -0.507 e. The predicted molar refractivity (Wildman–Crippen MR) is 93.5 cm³/mol. The van der Waals surface area contributed by atoms with Gasteiger partial charge in [0.05, 0.1) is 0 Å². The quantitative estimate of drug-likeness (QED) is 0.705. The Bertz CT molecular complexity index is 1150. The second-order valence-electron chi connectivity index (χ2n) is 5.37. The summed E-state index contributed by atoms with van der Waals surface area (Å²) in [6.45, 7) is -0.449. The van der Waals surface area contributed by atoms with Gasteiger partial charge in [-0.1, -0.05) is 0 Å². The van der Waals surface area contributed by atoms with E-state index in [-0.39, 0.29) is 52.9 Å². The molecule has 1 heterocycles. The number of phenolic OH excluding ortho intramolecular Hbond substituents is 2. The van der Waals surface area contributed by atoms with E-state index in [1.165, 1.54) is 30.3 Å². The fourth-order valence-electron chi connectivity index (χ4n) is 2.49. The molecule has 0 saturated heterocycles. The van der Waals surface area contributed by atoms with Gasteiger partial charge in [0, 0.05) is 23.8 Å². The van der Waals surface area contributed by atoms with E-state index < -0.39 is 5.43 Å². The van der Waals surface area contributed by atoms with Crippen molar-refractivity contribution in [3.8, 4) is 46.5 Å². The summed E-state index contributed by atoms with van der Waals surface area (Å²) in [4.78, 5) is 12.4. The highest BCUT2D eigenvalue weighted by atomic mass is 16.5. The van der Waals surface area contributed by atoms with Crippen molar-refractivity contribution in [1.29, 1.82) is 10.5 Å². The van der Waals surface area contributed by atoms with E-state index in [9.17, 15) is 15.0 Å². The maximum atomic E-state index is 12.4. The Labute approximate surface area is 152 Å². The molecule has 0 atom stereocenters. The van der Waals surface area contributed by atoms with Crippen LogP contribution in [0.2, 0.25) is 0 Å². The first-order valence-electron chi connectivity index (χ1n) is 7.67. The van der Waals surface area contributed by atoms with Gasteiger partial charge in [0.25, 0.3) is 0 Å². The van der Waals surface area contributed by atoms with Crippen LogP contribution < -0.4 is 14.9 Å². The number of ether oxygens (including phenoxy) is 2. The van der Waals surface area contributed by atoms with Crippen molar-refractivity contribution in [2.24, 2.45) is 0 Å². The fraction of sp³-hybridized carbons (Fsp3) is 0.105. The summed E-state index contributed by atoms with van der Waals surface area (Å²) in [6, 6.07) is 11.7. The Hall–Kier alpha value is -4.17. The van der Waals surface area contributed by atoms with Crippen LogP contribution in [0.4, 0.5) is 0 Å². The first-order chi connectivity index (χ1) is 13.0. The maximum absolute atomic E-state index is 12.4. The zero-order chi connectivity index (χ0) is 19.4. The van der Waals surface area contributed by atoms with E-state index in [1.54, 1.807) is 18.2 Å². The molecule has 2 aromatic carbocycles. The number of aromatic hydroxyl groups is 2. The third-order valence-corrected chi connectivity index (χ3v) is 3.62. The molecule has 27 heavy (non-hydrogen) atoms. The molecule has 3 rings (SSSR count). The van der Waals surface area contributed by atoms with Crippen LogP contribution in [0.5, 0.6) is 23.0 Å². The molecular formula is C19H12N2O6. The summed E-state index contributed by atoms with van der Waals surface area (Å²) in [7, 11) is 0. The van der Waals surface area contributed by atoms with Crippen molar-refractivity contribution in [3.63, 3.8) is 0 Å². The summed E-state index contributed by atoms with van der Waals surface area (Å²) in [5.74, 6) is -0.118. The largest absolute Gasteiger partial charge is 0.507 e. The van der Waals surface area contributed by atoms with Gasteiger partial charge in [-0.05, 0) is 18.2 Å². The summed E-state index contributed by atoms with van der Waals surface area (Å²) < 4.78 is 15.9. The molecule has 0 unspecified atom stereocenters. The number of hydrogen-bond donors (Lipinski definition) is 2. The average molecular weight is 364 g/mol. The molecule has 134 valence electrons. The molecule has 0 radical (unpaired) electrons. The maximum Gasteiger partial charge on any atom is 0.197 e. The Morgan fingerprint density at radius 2 is 1.70 bits per heavy atom. The van der Waals surface area contributed by atoms with Crippen molar-refractivity contribution in [1.82, 2.24) is 0 Å². The van der Waals surface area contributed by atoms with Crippen LogP contribution in [0.15, 0.2) is 45.6 Å². The second kappa shape index (κ2) is 7.38. The van der Waals surface area contributed by atoms with Gasteiger partial charge in [-0.2, -0.15) is 10.5 Å². The van der Waals surface area contributed by atoms with Crippen molar-refractivity contribution in [2.45, 2.75) is 0 Å². The lowest BCUT2D eigenvalue weighted by Gasteiger charge is -2.09. The topological polar surface area (TPSA) is 137 Å². The summed E-state index contributed by atoms with van der Waals surface area (Å²) in [5.41, 5.74) is -0.0340. The standard InChI is InChI=1S/C19H12N2O6/c20-3-5-25-12-8-14(23)19-15(24)10-17(27-18(19)9-12)11-1-2-16(13(22)7-11)26-6-4-21/h1-2,7-10,22-23H,5-6H2. The predicted octanol–water partition coefficient (Wildman–Crippen LogP) is 2.68. The van der Waals surface area contributed by atoms with Gasteiger partial charge in [-0.3, -0.25) is 4.79 Å². The molecule has 3 aromatic rings. The minimum absolute atomic E-state index is 0.0266. The van der Waals surface area contributed by atoms with Crippen LogP contribution in [0.25, 0.3) is 22.3 Å². The first kappa shape index (κ1) is 17.6. The highest BCUT2D eigenvalue weighted by molar-refractivity contribution is 5.86. The van der Waals surface area contributed by atoms with Gasteiger partial charge in [-0.25, -0.2) is 0 Å². The van der Waals surface area contributed by atoms with E-state index in [4.69, 9.17) is 24.4 Å². The van der Waals surface area contributed by atoms with Crippen molar-refractivity contribution >= 4 is 11.0 Å². The Kier molecular flexibility index (Phi) is 4.82. The Balaban J connectivity index is 2.07. The number of benzene rings is 2. The summed E-state index contributed by atoms with van der Waals surface area (Å²) >= 11 is 0. The molecule has 2 N–H and O–H groups in total. The number of nitrogens with zero attached hydrogens (tertiary/aromatic N) is 2. The molecule has 0 saturated carbocycles. The first-order valence-corrected chi connectivity index (χ1v) is 7.67. The Morgan fingerprint density at radius 3 is 2.41 bits per heavy atom. The molecule has 0 aliphatic heterocycles. The molecule has 8 heteroatoms. The number of hydrogen-bond acceptors (Lipinski definition) is 8. The zero-order valence-corrected chi connectivity index (χ0v) is 13.8. The smallest absolute Gasteiger partial charge is 0.197 e. The van der Waals surface area contributed by atoms with Crippen LogP contribution in [0.3, 0.4) is 0 Å². The minimum atomic E-state index is -0.486. The van der Waals surface area contributed by atoms with Crippen molar-refractivity contribution < 1.29 is 24.1 Å². The van der Waals surface area contributed by atoms with Gasteiger partial charge in [0.2, 0.25) is 0 Å². The summed E-state index contributed by atoms with van der Waals surface area (Å²) in [6.07, 6.45) is 0. The van der Waals surface area contributed by atoms with Gasteiger partial charge < -0.3 is 24.1 Å². The van der Waals surface area contributed by atoms with Crippen LogP contribution in [0.1, 0.15) is 0 Å². The van der Waals surface area contributed by atoms with E-state index in [0.29, 0.717) is 5.56 Å². The van der Waals surface area contributed by atoms with Crippen LogP contribution in [-0.2, 0) is 0 Å². The number of fused-ring (bicyclic) bond motifs is 1. The normalized spacial score (nSPS) is 10.1. The van der Waals surface area contributed by atoms with Crippen LogP contribution in [-0.4, -0.2) is 23.4 Å². The molecule has 0 amide bonds. The third kappa shape index (κ3) is 3.60. The molecule has 1 aromatic heterocycles. The molecule has 0 aliphatic carbocycles. The number of rotatable bonds is 5. The van der Waals surface area contributed by atoms with Gasteiger partial charge in [-0.15, -0.1) is 0 Å². The molecule has 0 spiro atoms. The van der Waals surface area contributed by atoms with Crippen molar-refractivity contribution in [2.75, 3.05) is 13.2 Å². The number of phenols is 2. The highest BCUT2D eigenvalue weighted by Gasteiger charge is 2.14. The zero-order valence-electron chi connectivity index (χ0n) is 13.8. The molecule has 0 aliphatic rings. The van der Waals surface area contributed by atoms with Crippen molar-refractivity contribution in [3.05, 3.63) is 46.6 Å².